The SMILES string of the molecule is CCC1C(=O)NCCN1Cc1nc(-c2ccc(F)cc2F)oc1C. The van der Waals surface area contributed by atoms with E-state index in [0.717, 1.165) is 12.6 Å². The van der Waals surface area contributed by atoms with Gasteiger partial charge in [0.15, 0.2) is 0 Å². The Bertz CT molecular complexity index is 760. The fourth-order valence-electron chi connectivity index (χ4n) is 2.94. The van der Waals surface area contributed by atoms with Crippen LogP contribution in [0.5, 0.6) is 0 Å². The van der Waals surface area contributed by atoms with Crippen molar-refractivity contribution in [3.63, 3.8) is 0 Å². The van der Waals surface area contributed by atoms with E-state index in [0.29, 0.717) is 31.0 Å². The van der Waals surface area contributed by atoms with Crippen molar-refractivity contribution in [2.24, 2.45) is 0 Å². The largest absolute Gasteiger partial charge is 0.441 e. The summed E-state index contributed by atoms with van der Waals surface area (Å²) in [6, 6.07) is 3.07. The molecule has 1 aliphatic heterocycles. The highest BCUT2D eigenvalue weighted by Gasteiger charge is 2.29. The van der Waals surface area contributed by atoms with E-state index in [9.17, 15) is 13.6 Å². The summed E-state index contributed by atoms with van der Waals surface area (Å²) in [5.41, 5.74) is 0.774. The topological polar surface area (TPSA) is 58.4 Å². The molecule has 5 nitrogen and oxygen atoms in total. The van der Waals surface area contributed by atoms with Gasteiger partial charge in [-0.1, -0.05) is 6.92 Å². The third kappa shape index (κ3) is 3.17. The van der Waals surface area contributed by atoms with Crippen molar-refractivity contribution in [2.75, 3.05) is 13.1 Å². The number of rotatable bonds is 4. The van der Waals surface area contributed by atoms with Crippen LogP contribution in [-0.4, -0.2) is 34.9 Å². The molecule has 0 spiro atoms. The molecule has 0 aliphatic carbocycles. The normalized spacial score (nSPS) is 18.7. The van der Waals surface area contributed by atoms with Gasteiger partial charge in [0, 0.05) is 25.7 Å². The van der Waals surface area contributed by atoms with Gasteiger partial charge < -0.3 is 9.73 Å². The van der Waals surface area contributed by atoms with Crippen molar-refractivity contribution in [2.45, 2.75) is 32.9 Å². The number of hydrogen-bond acceptors (Lipinski definition) is 4. The Hall–Kier alpha value is -2.28. The Morgan fingerprint density at radius 2 is 2.21 bits per heavy atom. The van der Waals surface area contributed by atoms with Gasteiger partial charge in [-0.15, -0.1) is 0 Å². The van der Waals surface area contributed by atoms with Gasteiger partial charge in [0.2, 0.25) is 11.8 Å². The lowest BCUT2D eigenvalue weighted by Crippen LogP contribution is -2.54. The van der Waals surface area contributed by atoms with E-state index in [1.165, 1.54) is 12.1 Å². The molecule has 0 bridgehead atoms. The van der Waals surface area contributed by atoms with Gasteiger partial charge in [-0.3, -0.25) is 9.69 Å². The van der Waals surface area contributed by atoms with Crippen molar-refractivity contribution in [1.82, 2.24) is 15.2 Å². The van der Waals surface area contributed by atoms with Gasteiger partial charge in [0.25, 0.3) is 0 Å². The Morgan fingerprint density at radius 1 is 1.42 bits per heavy atom. The van der Waals surface area contributed by atoms with Crippen LogP contribution >= 0.6 is 0 Å². The van der Waals surface area contributed by atoms with Crippen LogP contribution in [0.1, 0.15) is 24.8 Å². The van der Waals surface area contributed by atoms with Gasteiger partial charge in [-0.2, -0.15) is 0 Å². The lowest BCUT2D eigenvalue weighted by Gasteiger charge is -2.33. The number of hydrogen-bond donors (Lipinski definition) is 1. The highest BCUT2D eigenvalue weighted by molar-refractivity contribution is 5.82. The van der Waals surface area contributed by atoms with Crippen molar-refractivity contribution >= 4 is 5.91 Å². The summed E-state index contributed by atoms with van der Waals surface area (Å²) >= 11 is 0. The molecular formula is C17H19F2N3O2. The molecule has 2 aromatic rings. The average molecular weight is 335 g/mol. The maximum atomic E-state index is 13.9. The van der Waals surface area contributed by atoms with Gasteiger partial charge in [-0.05, 0) is 25.5 Å². The summed E-state index contributed by atoms with van der Waals surface area (Å²) in [5, 5.41) is 2.85. The van der Waals surface area contributed by atoms with Crippen molar-refractivity contribution in [3.8, 4) is 11.5 Å². The second kappa shape index (κ2) is 6.68. The first kappa shape index (κ1) is 16.6. The maximum absolute atomic E-state index is 13.9. The van der Waals surface area contributed by atoms with E-state index >= 15 is 0 Å². The van der Waals surface area contributed by atoms with E-state index in [1.807, 2.05) is 11.8 Å². The molecule has 1 saturated heterocycles. The van der Waals surface area contributed by atoms with Crippen LogP contribution in [-0.2, 0) is 11.3 Å². The van der Waals surface area contributed by atoms with Crippen LogP contribution in [0.3, 0.4) is 0 Å². The molecule has 0 radical (unpaired) electrons. The van der Waals surface area contributed by atoms with E-state index in [1.54, 1.807) is 6.92 Å². The quantitative estimate of drug-likeness (QED) is 0.933. The molecular weight excluding hydrogens is 316 g/mol. The van der Waals surface area contributed by atoms with E-state index in [4.69, 9.17) is 4.42 Å². The Morgan fingerprint density at radius 3 is 2.92 bits per heavy atom. The number of oxazole rings is 1. The summed E-state index contributed by atoms with van der Waals surface area (Å²) in [4.78, 5) is 18.3. The van der Waals surface area contributed by atoms with Crippen LogP contribution in [0.25, 0.3) is 11.5 Å². The predicted octanol–water partition coefficient (Wildman–Crippen LogP) is 2.64. The van der Waals surface area contributed by atoms with Crippen LogP contribution in [0, 0.1) is 18.6 Å². The number of benzene rings is 1. The highest BCUT2D eigenvalue weighted by atomic mass is 19.1. The maximum Gasteiger partial charge on any atom is 0.237 e. The molecule has 1 N–H and O–H groups in total. The van der Waals surface area contributed by atoms with E-state index < -0.39 is 11.6 Å². The minimum atomic E-state index is -0.716. The molecule has 7 heteroatoms. The number of nitrogens with zero attached hydrogens (tertiary/aromatic N) is 2. The average Bonchev–Trinajstić information content (AvgIpc) is 2.88. The van der Waals surface area contributed by atoms with Gasteiger partial charge in [0.1, 0.15) is 17.4 Å². The van der Waals surface area contributed by atoms with Crippen LogP contribution in [0.2, 0.25) is 0 Å². The number of nitrogens with one attached hydrogen (secondary N) is 1. The molecule has 2 heterocycles. The molecule has 1 aromatic heterocycles. The summed E-state index contributed by atoms with van der Waals surface area (Å²) in [7, 11) is 0. The van der Waals surface area contributed by atoms with Crippen molar-refractivity contribution in [1.29, 1.82) is 0 Å². The standard InChI is InChI=1S/C17H19F2N3O2/c1-3-15-16(23)20-6-7-22(15)9-14-10(2)24-17(21-14)12-5-4-11(18)8-13(12)19/h4-5,8,15H,3,6-7,9H2,1-2H3,(H,20,23). The second-order valence-electron chi connectivity index (χ2n) is 5.83. The first-order valence-corrected chi connectivity index (χ1v) is 7.93. The number of carbonyl (C=O) groups excluding carboxylic acids is 1. The van der Waals surface area contributed by atoms with Gasteiger partial charge >= 0.3 is 0 Å². The smallest absolute Gasteiger partial charge is 0.237 e. The third-order valence-corrected chi connectivity index (χ3v) is 4.24. The molecule has 1 aromatic carbocycles. The first-order chi connectivity index (χ1) is 11.5. The molecule has 1 unspecified atom stereocenters. The minimum Gasteiger partial charge on any atom is -0.441 e. The van der Waals surface area contributed by atoms with Gasteiger partial charge in [0.05, 0.1) is 17.3 Å². The van der Waals surface area contributed by atoms with Crippen molar-refractivity contribution < 1.29 is 18.0 Å². The Labute approximate surface area is 138 Å². The number of halogens is 2. The Kier molecular flexibility index (Phi) is 4.62. The van der Waals surface area contributed by atoms with Crippen LogP contribution < -0.4 is 5.32 Å². The molecule has 1 atom stereocenters. The number of carbonyl (C=O) groups is 1. The zero-order valence-electron chi connectivity index (χ0n) is 13.6. The number of amides is 1. The lowest BCUT2D eigenvalue weighted by atomic mass is 10.1. The summed E-state index contributed by atoms with van der Waals surface area (Å²) < 4.78 is 32.5. The van der Waals surface area contributed by atoms with Crippen LogP contribution in [0.4, 0.5) is 8.78 Å². The van der Waals surface area contributed by atoms with E-state index in [-0.39, 0.29) is 23.4 Å². The highest BCUT2D eigenvalue weighted by Crippen LogP contribution is 2.26. The zero-order chi connectivity index (χ0) is 17.3. The van der Waals surface area contributed by atoms with E-state index in [2.05, 4.69) is 10.3 Å². The molecule has 24 heavy (non-hydrogen) atoms. The molecule has 0 saturated carbocycles. The van der Waals surface area contributed by atoms with Crippen molar-refractivity contribution in [3.05, 3.63) is 41.3 Å². The van der Waals surface area contributed by atoms with Crippen LogP contribution in [0.15, 0.2) is 22.6 Å². The predicted molar refractivity (Wildman–Crippen MR) is 84.1 cm³/mol. The summed E-state index contributed by atoms with van der Waals surface area (Å²) in [6.07, 6.45) is 0.697. The minimum absolute atomic E-state index is 0.00898. The molecule has 3 rings (SSSR count). The molecule has 1 fully saturated rings. The zero-order valence-corrected chi connectivity index (χ0v) is 13.6. The fraction of sp³-hybridized carbons (Fsp3) is 0.412. The molecule has 1 amide bonds. The monoisotopic (exact) mass is 335 g/mol. The first-order valence-electron chi connectivity index (χ1n) is 7.93. The van der Waals surface area contributed by atoms with Gasteiger partial charge in [-0.25, -0.2) is 13.8 Å². The number of piperazine rings is 1. The lowest BCUT2D eigenvalue weighted by molar-refractivity contribution is -0.129. The number of aromatic nitrogens is 1. The number of aryl methyl sites for hydroxylation is 1. The third-order valence-electron chi connectivity index (χ3n) is 4.24. The molecule has 1 aliphatic rings. The second-order valence-corrected chi connectivity index (χ2v) is 5.83. The molecule has 128 valence electrons. The fourth-order valence-corrected chi connectivity index (χ4v) is 2.94. The summed E-state index contributed by atoms with van der Waals surface area (Å²) in [5.74, 6) is -0.671. The summed E-state index contributed by atoms with van der Waals surface area (Å²) in [6.45, 7) is 5.46. The Balaban J connectivity index is 1.85.